The van der Waals surface area contributed by atoms with Gasteiger partial charge in [-0.05, 0) is 24.3 Å². The summed E-state index contributed by atoms with van der Waals surface area (Å²) in [4.78, 5) is 11.1. The highest BCUT2D eigenvalue weighted by molar-refractivity contribution is 7.99. The van der Waals surface area contributed by atoms with Gasteiger partial charge in [-0.25, -0.2) is 0 Å². The number of nitrogens with two attached hydrogens (primary N) is 1. The van der Waals surface area contributed by atoms with Crippen LogP contribution in [0.15, 0.2) is 18.2 Å². The molecule has 0 aliphatic rings. The van der Waals surface area contributed by atoms with Gasteiger partial charge in [0, 0.05) is 5.75 Å². The van der Waals surface area contributed by atoms with Crippen LogP contribution < -0.4 is 10.5 Å². The first kappa shape index (κ1) is 17.4. The summed E-state index contributed by atoms with van der Waals surface area (Å²) in [6.07, 6.45) is 0.574. The minimum atomic E-state index is -0.563. The van der Waals surface area contributed by atoms with Crippen LogP contribution in [0.25, 0.3) is 0 Å². The predicted molar refractivity (Wildman–Crippen MR) is 83.9 cm³/mol. The fraction of sp³-hybridized carbons (Fsp3) is 0.462. The van der Waals surface area contributed by atoms with Crippen LogP contribution in [0.4, 0.5) is 0 Å². The third-order valence-corrected chi connectivity index (χ3v) is 4.05. The van der Waals surface area contributed by atoms with Crippen LogP contribution in [0.2, 0.25) is 10.0 Å². The van der Waals surface area contributed by atoms with Crippen molar-refractivity contribution in [2.24, 2.45) is 5.73 Å². The molecule has 1 rings (SSSR count). The molecule has 112 valence electrons. The maximum Gasteiger partial charge on any atom is 0.322 e. The van der Waals surface area contributed by atoms with Gasteiger partial charge in [-0.2, -0.15) is 11.8 Å². The maximum absolute atomic E-state index is 11.1. The highest BCUT2D eigenvalue weighted by atomic mass is 35.5. The third kappa shape index (κ3) is 5.79. The van der Waals surface area contributed by atoms with E-state index in [1.165, 1.54) is 7.11 Å². The Morgan fingerprint density at radius 1 is 1.35 bits per heavy atom. The van der Waals surface area contributed by atoms with Gasteiger partial charge in [0.25, 0.3) is 0 Å². The Labute approximate surface area is 132 Å². The Morgan fingerprint density at radius 2 is 2.00 bits per heavy atom. The summed E-state index contributed by atoms with van der Waals surface area (Å²) in [7, 11) is 1.33. The Balaban J connectivity index is 2.18. The first-order valence-corrected chi connectivity index (χ1v) is 7.95. The van der Waals surface area contributed by atoms with Crippen LogP contribution in [0.1, 0.15) is 6.42 Å². The quantitative estimate of drug-likeness (QED) is 0.583. The topological polar surface area (TPSA) is 61.5 Å². The number of para-hydroxylation sites is 1. The van der Waals surface area contributed by atoms with Gasteiger partial charge < -0.3 is 15.2 Å². The monoisotopic (exact) mass is 337 g/mol. The van der Waals surface area contributed by atoms with E-state index in [0.29, 0.717) is 28.8 Å². The number of hydrogen-bond donors (Lipinski definition) is 1. The molecule has 7 heteroatoms. The number of thioether (sulfide) groups is 1. The molecule has 0 heterocycles. The molecule has 1 aromatic rings. The molecule has 1 unspecified atom stereocenters. The third-order valence-electron chi connectivity index (χ3n) is 2.47. The molecule has 1 aromatic carbocycles. The molecule has 0 aromatic heterocycles. The van der Waals surface area contributed by atoms with E-state index >= 15 is 0 Å². The second-order valence-electron chi connectivity index (χ2n) is 3.93. The SMILES string of the molecule is COC(=O)C(N)CCSCCOc1c(Cl)cccc1Cl. The number of hydrogen-bond acceptors (Lipinski definition) is 5. The minimum Gasteiger partial charge on any atom is -0.490 e. The number of halogens is 2. The average molecular weight is 338 g/mol. The molecule has 0 aliphatic heterocycles. The predicted octanol–water partition coefficient (Wildman–Crippen LogP) is 3.00. The van der Waals surface area contributed by atoms with Crippen molar-refractivity contribution in [3.05, 3.63) is 28.2 Å². The molecule has 0 radical (unpaired) electrons. The highest BCUT2D eigenvalue weighted by Gasteiger charge is 2.12. The number of esters is 1. The molecule has 0 saturated heterocycles. The molecule has 0 amide bonds. The van der Waals surface area contributed by atoms with Crippen molar-refractivity contribution in [3.63, 3.8) is 0 Å². The Bertz CT molecular complexity index is 425. The fourth-order valence-corrected chi connectivity index (χ4v) is 2.74. The first-order chi connectivity index (χ1) is 9.56. The van der Waals surface area contributed by atoms with Gasteiger partial charge in [0.1, 0.15) is 6.04 Å². The lowest BCUT2D eigenvalue weighted by Gasteiger charge is -2.10. The largest absolute Gasteiger partial charge is 0.490 e. The van der Waals surface area contributed by atoms with Crippen LogP contribution in [0.5, 0.6) is 5.75 Å². The molecule has 0 bridgehead atoms. The molecular weight excluding hydrogens is 321 g/mol. The molecule has 0 saturated carbocycles. The summed E-state index contributed by atoms with van der Waals surface area (Å²) in [5.74, 6) is 1.64. The molecule has 0 aliphatic carbocycles. The van der Waals surface area contributed by atoms with Gasteiger partial charge in [-0.3, -0.25) is 4.79 Å². The average Bonchev–Trinajstić information content (AvgIpc) is 2.44. The summed E-state index contributed by atoms with van der Waals surface area (Å²) in [6.45, 7) is 0.488. The van der Waals surface area contributed by atoms with E-state index < -0.39 is 6.04 Å². The normalized spacial score (nSPS) is 12.0. The maximum atomic E-state index is 11.1. The lowest BCUT2D eigenvalue weighted by molar-refractivity contribution is -0.142. The molecule has 4 nitrogen and oxygen atoms in total. The fourth-order valence-electron chi connectivity index (χ4n) is 1.40. The molecule has 1 atom stereocenters. The van der Waals surface area contributed by atoms with Crippen molar-refractivity contribution in [1.82, 2.24) is 0 Å². The minimum absolute atomic E-state index is 0.385. The Morgan fingerprint density at radius 3 is 2.60 bits per heavy atom. The van der Waals surface area contributed by atoms with Crippen molar-refractivity contribution in [2.45, 2.75) is 12.5 Å². The molecule has 20 heavy (non-hydrogen) atoms. The second kappa shape index (κ2) is 9.34. The standard InChI is InChI=1S/C13H17Cl2NO3S/c1-18-13(17)11(16)5-7-20-8-6-19-12-9(14)3-2-4-10(12)15/h2-4,11H,5-8,16H2,1H3. The van der Waals surface area contributed by atoms with E-state index in [1.54, 1.807) is 30.0 Å². The molecule has 2 N–H and O–H groups in total. The molecular formula is C13H17Cl2NO3S. The molecule has 0 spiro atoms. The van der Waals surface area contributed by atoms with Crippen LogP contribution in [0.3, 0.4) is 0 Å². The van der Waals surface area contributed by atoms with Crippen molar-refractivity contribution < 1.29 is 14.3 Å². The zero-order chi connectivity index (χ0) is 15.0. The van der Waals surface area contributed by atoms with Gasteiger partial charge in [-0.1, -0.05) is 29.3 Å². The van der Waals surface area contributed by atoms with Gasteiger partial charge in [0.05, 0.1) is 23.8 Å². The van der Waals surface area contributed by atoms with Crippen LogP contribution in [0, 0.1) is 0 Å². The number of carbonyl (C=O) groups is 1. The lowest BCUT2D eigenvalue weighted by Crippen LogP contribution is -2.32. The summed E-state index contributed by atoms with van der Waals surface area (Å²) in [5, 5.41) is 0.991. The Hall–Kier alpha value is -0.620. The van der Waals surface area contributed by atoms with Gasteiger partial charge in [-0.15, -0.1) is 0 Å². The van der Waals surface area contributed by atoms with Gasteiger partial charge in [0.2, 0.25) is 0 Å². The number of rotatable bonds is 8. The smallest absolute Gasteiger partial charge is 0.322 e. The number of benzene rings is 1. The van der Waals surface area contributed by atoms with E-state index in [1.807, 2.05) is 0 Å². The van der Waals surface area contributed by atoms with Crippen LogP contribution in [-0.4, -0.2) is 37.2 Å². The number of methoxy groups -OCH3 is 1. The second-order valence-corrected chi connectivity index (χ2v) is 5.97. The van der Waals surface area contributed by atoms with Gasteiger partial charge >= 0.3 is 5.97 Å². The zero-order valence-electron chi connectivity index (χ0n) is 11.1. The summed E-state index contributed by atoms with van der Waals surface area (Å²) < 4.78 is 10.1. The molecule has 0 fully saturated rings. The van der Waals surface area contributed by atoms with Crippen molar-refractivity contribution in [3.8, 4) is 5.75 Å². The lowest BCUT2D eigenvalue weighted by atomic mass is 10.2. The summed E-state index contributed by atoms with van der Waals surface area (Å²) in [5.41, 5.74) is 5.62. The van der Waals surface area contributed by atoms with Gasteiger partial charge in [0.15, 0.2) is 5.75 Å². The summed E-state index contributed by atoms with van der Waals surface area (Å²) >= 11 is 13.6. The van der Waals surface area contributed by atoms with Crippen LogP contribution in [-0.2, 0) is 9.53 Å². The van der Waals surface area contributed by atoms with E-state index in [0.717, 1.165) is 11.5 Å². The summed E-state index contributed by atoms with van der Waals surface area (Å²) in [6, 6.07) is 4.66. The van der Waals surface area contributed by atoms with Crippen molar-refractivity contribution >= 4 is 40.9 Å². The highest BCUT2D eigenvalue weighted by Crippen LogP contribution is 2.32. The van der Waals surface area contributed by atoms with Crippen molar-refractivity contribution in [2.75, 3.05) is 25.2 Å². The van der Waals surface area contributed by atoms with Crippen molar-refractivity contribution in [1.29, 1.82) is 0 Å². The zero-order valence-corrected chi connectivity index (χ0v) is 13.4. The van der Waals surface area contributed by atoms with Crippen LogP contribution >= 0.6 is 35.0 Å². The number of carbonyl (C=O) groups excluding carboxylic acids is 1. The first-order valence-electron chi connectivity index (χ1n) is 6.04. The van der Waals surface area contributed by atoms with E-state index in [9.17, 15) is 4.79 Å². The Kier molecular flexibility index (Phi) is 8.14. The number of ether oxygens (including phenoxy) is 2. The van der Waals surface area contributed by atoms with E-state index in [2.05, 4.69) is 4.74 Å². The van der Waals surface area contributed by atoms with E-state index in [4.69, 9.17) is 33.7 Å². The van der Waals surface area contributed by atoms with E-state index in [-0.39, 0.29) is 5.97 Å².